The number of amides is 1. The standard InChI is InChI=1S/C21H23ClN4O4S2/c1-2-18-24-20(25-30-18)16-10-19(31-13-16)32(28,29)26-9-3-4-15(12-26)21(27)23-11-14-5-7-17(22)8-6-14/h5-8,10,13,15H,2-4,9,11-12H2,1H3,(H,23,27). The van der Waals surface area contributed by atoms with Gasteiger partial charge in [0, 0.05) is 42.0 Å². The van der Waals surface area contributed by atoms with Crippen molar-refractivity contribution >= 4 is 38.9 Å². The molecule has 0 bridgehead atoms. The van der Waals surface area contributed by atoms with Gasteiger partial charge in [-0.1, -0.05) is 35.8 Å². The number of halogens is 1. The van der Waals surface area contributed by atoms with Gasteiger partial charge in [-0.3, -0.25) is 4.79 Å². The van der Waals surface area contributed by atoms with Crippen LogP contribution < -0.4 is 5.32 Å². The van der Waals surface area contributed by atoms with E-state index in [-0.39, 0.29) is 16.7 Å². The molecule has 1 fully saturated rings. The van der Waals surface area contributed by atoms with Crippen molar-refractivity contribution in [2.24, 2.45) is 5.92 Å². The molecule has 4 rings (SSSR count). The first-order chi connectivity index (χ1) is 15.4. The summed E-state index contributed by atoms with van der Waals surface area (Å²) in [5.41, 5.74) is 1.54. The molecule has 3 aromatic rings. The van der Waals surface area contributed by atoms with Crippen LogP contribution in [0.25, 0.3) is 11.4 Å². The second-order valence-corrected chi connectivity index (χ2v) is 11.1. The Morgan fingerprint density at radius 3 is 2.84 bits per heavy atom. The van der Waals surface area contributed by atoms with Crippen molar-refractivity contribution in [3.8, 4) is 11.4 Å². The van der Waals surface area contributed by atoms with Crippen molar-refractivity contribution in [2.75, 3.05) is 13.1 Å². The average Bonchev–Trinajstić information content (AvgIpc) is 3.48. The third-order valence-electron chi connectivity index (χ3n) is 5.33. The van der Waals surface area contributed by atoms with Crippen molar-refractivity contribution in [2.45, 2.75) is 36.9 Å². The number of nitrogens with zero attached hydrogens (tertiary/aromatic N) is 3. The molecule has 170 valence electrons. The zero-order valence-corrected chi connectivity index (χ0v) is 19.8. The number of aromatic nitrogens is 2. The van der Waals surface area contributed by atoms with Gasteiger partial charge in [-0.2, -0.15) is 9.29 Å². The minimum atomic E-state index is -3.72. The number of carbonyl (C=O) groups excluding carboxylic acids is 1. The maximum atomic E-state index is 13.2. The van der Waals surface area contributed by atoms with Gasteiger partial charge in [-0.15, -0.1) is 11.3 Å². The number of rotatable bonds is 7. The van der Waals surface area contributed by atoms with Crippen molar-refractivity contribution in [3.63, 3.8) is 0 Å². The molecule has 1 aromatic carbocycles. The van der Waals surface area contributed by atoms with E-state index in [1.54, 1.807) is 23.6 Å². The Hall–Kier alpha value is -2.27. The lowest BCUT2D eigenvalue weighted by Crippen LogP contribution is -2.45. The van der Waals surface area contributed by atoms with Crippen LogP contribution in [0.2, 0.25) is 5.02 Å². The van der Waals surface area contributed by atoms with Gasteiger partial charge in [0.2, 0.25) is 17.6 Å². The third-order valence-corrected chi connectivity index (χ3v) is 8.87. The number of carbonyl (C=O) groups is 1. The van der Waals surface area contributed by atoms with Crippen molar-refractivity contribution in [3.05, 3.63) is 52.2 Å². The van der Waals surface area contributed by atoms with Crippen molar-refractivity contribution in [1.82, 2.24) is 19.8 Å². The van der Waals surface area contributed by atoms with Crippen LogP contribution in [0.3, 0.4) is 0 Å². The van der Waals surface area contributed by atoms with E-state index in [0.29, 0.717) is 54.7 Å². The molecule has 1 unspecified atom stereocenters. The summed E-state index contributed by atoms with van der Waals surface area (Å²) in [6.45, 7) is 2.82. The monoisotopic (exact) mass is 494 g/mol. The predicted octanol–water partition coefficient (Wildman–Crippen LogP) is 3.73. The van der Waals surface area contributed by atoms with E-state index < -0.39 is 15.9 Å². The molecule has 8 nitrogen and oxygen atoms in total. The van der Waals surface area contributed by atoms with Crippen LogP contribution in [0.1, 0.15) is 31.2 Å². The van der Waals surface area contributed by atoms with E-state index in [4.69, 9.17) is 16.1 Å². The molecule has 0 saturated carbocycles. The number of benzene rings is 1. The second-order valence-electron chi connectivity index (χ2n) is 7.57. The first kappa shape index (κ1) is 22.9. The van der Waals surface area contributed by atoms with Gasteiger partial charge < -0.3 is 9.84 Å². The van der Waals surface area contributed by atoms with Crippen LogP contribution in [-0.4, -0.2) is 41.9 Å². The molecule has 1 N–H and O–H groups in total. The van der Waals surface area contributed by atoms with E-state index in [2.05, 4.69) is 15.5 Å². The second kappa shape index (κ2) is 9.70. The fraction of sp³-hybridized carbons (Fsp3) is 0.381. The highest BCUT2D eigenvalue weighted by molar-refractivity contribution is 7.91. The van der Waals surface area contributed by atoms with Gasteiger partial charge in [0.15, 0.2) is 0 Å². The van der Waals surface area contributed by atoms with E-state index in [1.807, 2.05) is 19.1 Å². The molecule has 1 aliphatic heterocycles. The van der Waals surface area contributed by atoms with Gasteiger partial charge in [0.25, 0.3) is 10.0 Å². The lowest BCUT2D eigenvalue weighted by atomic mass is 9.99. The Labute approximate surface area is 195 Å². The number of nitrogens with one attached hydrogen (secondary N) is 1. The van der Waals surface area contributed by atoms with Crippen LogP contribution in [0.15, 0.2) is 44.4 Å². The molecule has 1 aliphatic rings. The lowest BCUT2D eigenvalue weighted by Gasteiger charge is -2.30. The smallest absolute Gasteiger partial charge is 0.252 e. The summed E-state index contributed by atoms with van der Waals surface area (Å²) < 4.78 is 33.1. The molecule has 0 aliphatic carbocycles. The SMILES string of the molecule is CCc1nc(-c2csc(S(=O)(=O)N3CCCC(C(=O)NCc4ccc(Cl)cc4)C3)c2)no1. The number of thiophene rings is 1. The van der Waals surface area contributed by atoms with E-state index in [1.165, 1.54) is 4.31 Å². The number of hydrogen-bond donors (Lipinski definition) is 1. The van der Waals surface area contributed by atoms with Crippen molar-refractivity contribution < 1.29 is 17.7 Å². The predicted molar refractivity (Wildman–Crippen MR) is 122 cm³/mol. The minimum absolute atomic E-state index is 0.148. The van der Waals surface area contributed by atoms with E-state index >= 15 is 0 Å². The molecule has 1 amide bonds. The summed E-state index contributed by atoms with van der Waals surface area (Å²) in [6, 6.07) is 8.80. The van der Waals surface area contributed by atoms with E-state index in [9.17, 15) is 13.2 Å². The van der Waals surface area contributed by atoms with Crippen LogP contribution >= 0.6 is 22.9 Å². The summed E-state index contributed by atoms with van der Waals surface area (Å²) in [7, 11) is -3.72. The number of piperidine rings is 1. The largest absolute Gasteiger partial charge is 0.352 e. The molecule has 0 radical (unpaired) electrons. The zero-order chi connectivity index (χ0) is 22.7. The van der Waals surface area contributed by atoms with Crippen molar-refractivity contribution in [1.29, 1.82) is 0 Å². The minimum Gasteiger partial charge on any atom is -0.352 e. The maximum Gasteiger partial charge on any atom is 0.252 e. The normalized spacial score (nSPS) is 17.4. The Morgan fingerprint density at radius 2 is 2.12 bits per heavy atom. The first-order valence-electron chi connectivity index (χ1n) is 10.3. The fourth-order valence-electron chi connectivity index (χ4n) is 3.52. The molecule has 1 saturated heterocycles. The molecular formula is C21H23ClN4O4S2. The number of hydrogen-bond acceptors (Lipinski definition) is 7. The Kier molecular flexibility index (Phi) is 6.94. The third kappa shape index (κ3) is 5.03. The maximum absolute atomic E-state index is 13.2. The summed E-state index contributed by atoms with van der Waals surface area (Å²) in [5, 5.41) is 9.15. The van der Waals surface area contributed by atoms with E-state index in [0.717, 1.165) is 16.9 Å². The highest BCUT2D eigenvalue weighted by Gasteiger charge is 2.34. The van der Waals surface area contributed by atoms with Gasteiger partial charge in [-0.05, 0) is 36.6 Å². The first-order valence-corrected chi connectivity index (χ1v) is 13.0. The van der Waals surface area contributed by atoms with Gasteiger partial charge in [0.05, 0.1) is 5.92 Å². The summed E-state index contributed by atoms with van der Waals surface area (Å²) >= 11 is 7.01. The molecule has 2 aromatic heterocycles. The van der Waals surface area contributed by atoms with Crippen LogP contribution in [0.5, 0.6) is 0 Å². The highest BCUT2D eigenvalue weighted by atomic mass is 35.5. The lowest BCUT2D eigenvalue weighted by molar-refractivity contribution is -0.126. The zero-order valence-electron chi connectivity index (χ0n) is 17.5. The Bertz CT molecular complexity index is 1190. The summed E-state index contributed by atoms with van der Waals surface area (Å²) in [5.74, 6) is 0.330. The quantitative estimate of drug-likeness (QED) is 0.536. The number of sulfonamides is 1. The van der Waals surface area contributed by atoms with Gasteiger partial charge >= 0.3 is 0 Å². The van der Waals surface area contributed by atoms with Crippen LogP contribution in [0, 0.1) is 5.92 Å². The molecule has 1 atom stereocenters. The summed E-state index contributed by atoms with van der Waals surface area (Å²) in [4.78, 5) is 16.9. The van der Waals surface area contributed by atoms with Crippen LogP contribution in [0.4, 0.5) is 0 Å². The Balaban J connectivity index is 1.41. The van der Waals surface area contributed by atoms with Gasteiger partial charge in [-0.25, -0.2) is 8.42 Å². The average molecular weight is 495 g/mol. The fourth-order valence-corrected chi connectivity index (χ4v) is 6.48. The Morgan fingerprint density at radius 1 is 1.34 bits per heavy atom. The molecule has 3 heterocycles. The molecule has 0 spiro atoms. The molecule has 11 heteroatoms. The highest BCUT2D eigenvalue weighted by Crippen LogP contribution is 2.31. The summed E-state index contributed by atoms with van der Waals surface area (Å²) in [6.07, 6.45) is 1.88. The van der Waals surface area contributed by atoms with Crippen LogP contribution in [-0.2, 0) is 27.8 Å². The molecular weight excluding hydrogens is 472 g/mol. The van der Waals surface area contributed by atoms with Gasteiger partial charge in [0.1, 0.15) is 4.21 Å². The molecule has 32 heavy (non-hydrogen) atoms. The topological polar surface area (TPSA) is 105 Å². The number of aryl methyl sites for hydroxylation is 1.